The van der Waals surface area contributed by atoms with Gasteiger partial charge in [-0.1, -0.05) is 0 Å². The first-order chi connectivity index (χ1) is 5.46. The van der Waals surface area contributed by atoms with E-state index >= 15 is 0 Å². The molecule has 0 spiro atoms. The quantitative estimate of drug-likeness (QED) is 0.590. The van der Waals surface area contributed by atoms with Gasteiger partial charge in [0.05, 0.1) is 0 Å². The average molecular weight is 174 g/mol. The van der Waals surface area contributed by atoms with Crippen molar-refractivity contribution in [1.82, 2.24) is 0 Å². The van der Waals surface area contributed by atoms with Gasteiger partial charge in [0.1, 0.15) is 0 Å². The van der Waals surface area contributed by atoms with E-state index in [0.29, 0.717) is 0 Å². The predicted octanol–water partition coefficient (Wildman–Crippen LogP) is 1.99. The Labute approximate surface area is 68.1 Å². The fraction of sp³-hybridized carbons (Fsp3) is 0.250. The lowest BCUT2D eigenvalue weighted by Gasteiger charge is -2.07. The van der Waals surface area contributed by atoms with Gasteiger partial charge in [0.2, 0.25) is 0 Å². The predicted molar refractivity (Wildman–Crippen MR) is 39.2 cm³/mol. The monoisotopic (exact) mass is 174 g/mol. The Morgan fingerprint density at radius 3 is 1.33 bits per heavy atom. The van der Waals surface area contributed by atoms with Crippen LogP contribution in [0.4, 0.5) is 8.78 Å². The molecule has 0 heterocycles. The second-order valence-electron chi connectivity index (χ2n) is 2.58. The molecule has 4 heteroatoms. The number of phenolic OH excluding ortho intramolecular Hbond substituents is 2. The van der Waals surface area contributed by atoms with Crippen molar-refractivity contribution in [2.75, 3.05) is 0 Å². The third-order valence-corrected chi connectivity index (χ3v) is 1.79. The van der Waals surface area contributed by atoms with E-state index in [1.165, 1.54) is 13.8 Å². The summed E-state index contributed by atoms with van der Waals surface area (Å²) in [6.07, 6.45) is 0. The molecule has 0 unspecified atom stereocenters. The van der Waals surface area contributed by atoms with Crippen LogP contribution in [0.5, 0.6) is 11.5 Å². The summed E-state index contributed by atoms with van der Waals surface area (Å²) in [6, 6.07) is 0. The van der Waals surface area contributed by atoms with Crippen molar-refractivity contribution in [1.29, 1.82) is 0 Å². The molecule has 1 aromatic carbocycles. The molecule has 2 nitrogen and oxygen atoms in total. The van der Waals surface area contributed by atoms with E-state index in [4.69, 9.17) is 10.2 Å². The summed E-state index contributed by atoms with van der Waals surface area (Å²) < 4.78 is 25.6. The van der Waals surface area contributed by atoms with E-state index in [2.05, 4.69) is 0 Å². The number of phenols is 2. The maximum Gasteiger partial charge on any atom is 0.165 e. The smallest absolute Gasteiger partial charge is 0.165 e. The molecule has 0 atom stereocenters. The van der Waals surface area contributed by atoms with Crippen LogP contribution in [0.15, 0.2) is 0 Å². The first kappa shape index (κ1) is 8.77. The van der Waals surface area contributed by atoms with E-state index in [9.17, 15) is 8.78 Å². The largest absolute Gasteiger partial charge is 0.504 e. The Morgan fingerprint density at radius 2 is 1.08 bits per heavy atom. The molecule has 1 aromatic rings. The molecule has 0 aliphatic rings. The molecule has 2 N–H and O–H groups in total. The zero-order valence-electron chi connectivity index (χ0n) is 6.65. The number of rotatable bonds is 0. The third kappa shape index (κ3) is 0.995. The van der Waals surface area contributed by atoms with Crippen LogP contribution in [-0.4, -0.2) is 10.2 Å². The van der Waals surface area contributed by atoms with E-state index < -0.39 is 23.1 Å². The van der Waals surface area contributed by atoms with Crippen molar-refractivity contribution < 1.29 is 19.0 Å². The van der Waals surface area contributed by atoms with Crippen LogP contribution in [0.3, 0.4) is 0 Å². The Balaban J connectivity index is 3.60. The van der Waals surface area contributed by atoms with Gasteiger partial charge in [0, 0.05) is 11.1 Å². The van der Waals surface area contributed by atoms with Gasteiger partial charge in [-0.15, -0.1) is 0 Å². The lowest BCUT2D eigenvalue weighted by atomic mass is 10.1. The normalized spacial score (nSPS) is 10.3. The van der Waals surface area contributed by atoms with Gasteiger partial charge in [-0.2, -0.15) is 0 Å². The minimum absolute atomic E-state index is 0.282. The maximum atomic E-state index is 12.8. The molecule has 0 aliphatic heterocycles. The highest BCUT2D eigenvalue weighted by Crippen LogP contribution is 2.35. The topological polar surface area (TPSA) is 40.5 Å². The van der Waals surface area contributed by atoms with Crippen molar-refractivity contribution in [3.8, 4) is 11.5 Å². The van der Waals surface area contributed by atoms with Crippen LogP contribution < -0.4 is 0 Å². The first-order valence-corrected chi connectivity index (χ1v) is 3.33. The van der Waals surface area contributed by atoms with E-state index in [1.807, 2.05) is 0 Å². The summed E-state index contributed by atoms with van der Waals surface area (Å²) in [6.45, 7) is 2.37. The molecule has 0 bridgehead atoms. The highest BCUT2D eigenvalue weighted by atomic mass is 19.2. The van der Waals surface area contributed by atoms with Crippen LogP contribution in [0, 0.1) is 25.5 Å². The minimum Gasteiger partial charge on any atom is -0.504 e. The fourth-order valence-electron chi connectivity index (χ4n) is 0.892. The highest BCUT2D eigenvalue weighted by Gasteiger charge is 2.18. The first-order valence-electron chi connectivity index (χ1n) is 3.33. The Kier molecular flexibility index (Phi) is 1.92. The Bertz CT molecular complexity index is 229. The van der Waals surface area contributed by atoms with Crippen LogP contribution in [-0.2, 0) is 0 Å². The molecule has 0 aliphatic carbocycles. The van der Waals surface area contributed by atoms with Gasteiger partial charge in [0.25, 0.3) is 0 Å². The zero-order chi connectivity index (χ0) is 9.46. The Hall–Kier alpha value is -1.32. The van der Waals surface area contributed by atoms with Gasteiger partial charge >= 0.3 is 0 Å². The van der Waals surface area contributed by atoms with Gasteiger partial charge in [-0.25, -0.2) is 8.78 Å². The summed E-state index contributed by atoms with van der Waals surface area (Å²) in [7, 11) is 0. The highest BCUT2D eigenvalue weighted by molar-refractivity contribution is 5.50. The van der Waals surface area contributed by atoms with Crippen molar-refractivity contribution in [3.63, 3.8) is 0 Å². The van der Waals surface area contributed by atoms with Crippen LogP contribution >= 0.6 is 0 Å². The molecule has 12 heavy (non-hydrogen) atoms. The van der Waals surface area contributed by atoms with Gasteiger partial charge in [-0.05, 0) is 13.8 Å². The summed E-state index contributed by atoms with van der Waals surface area (Å²) in [4.78, 5) is 0. The van der Waals surface area contributed by atoms with Gasteiger partial charge in [-0.3, -0.25) is 0 Å². The Morgan fingerprint density at radius 1 is 0.833 bits per heavy atom. The molecule has 0 radical (unpaired) electrons. The number of halogens is 2. The van der Waals surface area contributed by atoms with Crippen molar-refractivity contribution >= 4 is 0 Å². The lowest BCUT2D eigenvalue weighted by Crippen LogP contribution is -1.94. The summed E-state index contributed by atoms with van der Waals surface area (Å²) in [5.74, 6) is -3.46. The molecule has 0 amide bonds. The van der Waals surface area contributed by atoms with E-state index in [0.717, 1.165) is 0 Å². The fourth-order valence-corrected chi connectivity index (χ4v) is 0.892. The second-order valence-corrected chi connectivity index (χ2v) is 2.58. The molecular weight excluding hydrogens is 166 g/mol. The maximum absolute atomic E-state index is 12.8. The molecule has 0 saturated heterocycles. The SMILES string of the molecule is Cc1c(O)c(O)c(C)c(F)c1F. The van der Waals surface area contributed by atoms with Crippen LogP contribution in [0.1, 0.15) is 11.1 Å². The second kappa shape index (κ2) is 2.62. The minimum atomic E-state index is -1.12. The number of aromatic hydroxyl groups is 2. The standard InChI is InChI=1S/C8H8F2O2/c1-3-5(9)6(10)4(2)8(12)7(3)11/h11-12H,1-2H3. The average Bonchev–Trinajstić information content (AvgIpc) is 2.08. The van der Waals surface area contributed by atoms with Crippen LogP contribution in [0.2, 0.25) is 0 Å². The van der Waals surface area contributed by atoms with Crippen molar-refractivity contribution in [2.45, 2.75) is 13.8 Å². The number of hydrogen-bond donors (Lipinski definition) is 2. The molecule has 1 rings (SSSR count). The molecule has 0 saturated carbocycles. The van der Waals surface area contributed by atoms with Gasteiger partial charge < -0.3 is 10.2 Å². The van der Waals surface area contributed by atoms with Crippen molar-refractivity contribution in [3.05, 3.63) is 22.8 Å². The van der Waals surface area contributed by atoms with Crippen molar-refractivity contribution in [2.24, 2.45) is 0 Å². The zero-order valence-corrected chi connectivity index (χ0v) is 6.65. The van der Waals surface area contributed by atoms with Crippen LogP contribution in [0.25, 0.3) is 0 Å². The molecule has 66 valence electrons. The number of benzene rings is 1. The molecule has 0 aromatic heterocycles. The summed E-state index contributed by atoms with van der Waals surface area (Å²) in [5, 5.41) is 18.1. The summed E-state index contributed by atoms with van der Waals surface area (Å²) in [5.41, 5.74) is -0.564. The third-order valence-electron chi connectivity index (χ3n) is 1.79. The van der Waals surface area contributed by atoms with E-state index in [1.54, 1.807) is 0 Å². The van der Waals surface area contributed by atoms with Gasteiger partial charge in [0.15, 0.2) is 23.1 Å². The number of hydrogen-bond acceptors (Lipinski definition) is 2. The lowest BCUT2D eigenvalue weighted by molar-refractivity contribution is 0.381. The van der Waals surface area contributed by atoms with E-state index in [-0.39, 0.29) is 11.1 Å². The summed E-state index contributed by atoms with van der Waals surface area (Å²) >= 11 is 0. The molecular formula is C8H8F2O2. The molecule has 0 fully saturated rings.